The normalized spacial score (nSPS) is 10.2. The van der Waals surface area contributed by atoms with E-state index in [0.29, 0.717) is 11.8 Å². The van der Waals surface area contributed by atoms with Crippen molar-refractivity contribution in [2.45, 2.75) is 0 Å². The van der Waals surface area contributed by atoms with Gasteiger partial charge < -0.3 is 4.90 Å². The van der Waals surface area contributed by atoms with Crippen molar-refractivity contribution in [3.8, 4) is 0 Å². The molecule has 0 unspecified atom stereocenters. The van der Waals surface area contributed by atoms with E-state index < -0.39 is 0 Å². The van der Waals surface area contributed by atoms with Crippen molar-refractivity contribution in [3.05, 3.63) is 10.9 Å². The molecule has 0 aliphatic heterocycles. The minimum absolute atomic E-state index is 0.606. The number of anilines is 1. The highest BCUT2D eigenvalue weighted by atomic mass is 35.5. The summed E-state index contributed by atoms with van der Waals surface area (Å²) in [7, 11) is 0. The van der Waals surface area contributed by atoms with Crippen molar-refractivity contribution < 1.29 is 0 Å². The number of aromatic nitrogens is 1. The van der Waals surface area contributed by atoms with Gasteiger partial charge in [-0.15, -0.1) is 34.5 Å². The Balaban J connectivity index is 2.53. The molecule has 0 radical (unpaired) electrons. The molecule has 0 saturated heterocycles. The van der Waals surface area contributed by atoms with Gasteiger partial charge in [0.1, 0.15) is 5.82 Å². The second-order valence-corrected chi connectivity index (χ2v) is 3.69. The largest absolute Gasteiger partial charge is 0.354 e. The number of hydrogen-bond donors (Lipinski definition) is 0. The van der Waals surface area contributed by atoms with E-state index in [0.717, 1.165) is 18.9 Å². The SMILES string of the molecule is ClCCN(CCCl)c1cscn1. The minimum Gasteiger partial charge on any atom is -0.354 e. The standard InChI is InChI=1S/C7H10Cl2N2S/c8-1-3-11(4-2-9)7-5-12-6-10-7/h5-6H,1-4H2. The highest BCUT2D eigenvalue weighted by molar-refractivity contribution is 7.07. The zero-order chi connectivity index (χ0) is 8.81. The Bertz CT molecular complexity index is 197. The van der Waals surface area contributed by atoms with Crippen LogP contribution in [0.25, 0.3) is 0 Å². The molecule has 0 N–H and O–H groups in total. The van der Waals surface area contributed by atoms with Crippen molar-refractivity contribution in [3.63, 3.8) is 0 Å². The molecule has 2 nitrogen and oxygen atoms in total. The predicted molar refractivity (Wildman–Crippen MR) is 55.8 cm³/mol. The van der Waals surface area contributed by atoms with Crippen molar-refractivity contribution in [2.75, 3.05) is 29.7 Å². The Labute approximate surface area is 86.1 Å². The van der Waals surface area contributed by atoms with E-state index in [4.69, 9.17) is 23.2 Å². The molecule has 1 rings (SSSR count). The lowest BCUT2D eigenvalue weighted by Crippen LogP contribution is -2.27. The van der Waals surface area contributed by atoms with Gasteiger partial charge in [-0.1, -0.05) is 0 Å². The summed E-state index contributed by atoms with van der Waals surface area (Å²) in [5, 5.41) is 2.00. The van der Waals surface area contributed by atoms with Gasteiger partial charge in [-0.3, -0.25) is 0 Å². The summed E-state index contributed by atoms with van der Waals surface area (Å²) >= 11 is 12.9. The molecule has 0 aliphatic rings. The number of halogens is 2. The summed E-state index contributed by atoms with van der Waals surface area (Å²) in [5.41, 5.74) is 1.81. The van der Waals surface area contributed by atoms with Gasteiger partial charge in [-0.05, 0) is 0 Å². The number of nitrogens with zero attached hydrogens (tertiary/aromatic N) is 2. The summed E-state index contributed by atoms with van der Waals surface area (Å²) < 4.78 is 0. The Morgan fingerprint density at radius 3 is 2.42 bits per heavy atom. The predicted octanol–water partition coefficient (Wildman–Crippen LogP) is 2.43. The maximum atomic E-state index is 5.64. The zero-order valence-corrected chi connectivity index (χ0v) is 8.87. The third-order valence-electron chi connectivity index (χ3n) is 1.45. The molecule has 1 heterocycles. The average molecular weight is 225 g/mol. The van der Waals surface area contributed by atoms with Gasteiger partial charge in [0.15, 0.2) is 0 Å². The van der Waals surface area contributed by atoms with Crippen LogP contribution in [0.4, 0.5) is 5.82 Å². The Hall–Kier alpha value is 0.01000. The summed E-state index contributed by atoms with van der Waals surface area (Å²) in [5.74, 6) is 2.18. The third kappa shape index (κ3) is 2.81. The number of rotatable bonds is 5. The van der Waals surface area contributed by atoms with Gasteiger partial charge in [0.25, 0.3) is 0 Å². The zero-order valence-electron chi connectivity index (χ0n) is 6.54. The molecule has 12 heavy (non-hydrogen) atoms. The molecule has 0 amide bonds. The quantitative estimate of drug-likeness (QED) is 0.715. The van der Waals surface area contributed by atoms with Crippen molar-refractivity contribution >= 4 is 40.4 Å². The molecular weight excluding hydrogens is 215 g/mol. The summed E-state index contributed by atoms with van der Waals surface area (Å²) in [6.45, 7) is 1.61. The van der Waals surface area contributed by atoms with Crippen molar-refractivity contribution in [1.29, 1.82) is 0 Å². The van der Waals surface area contributed by atoms with E-state index in [1.54, 1.807) is 11.3 Å². The van der Waals surface area contributed by atoms with Crippen LogP contribution in [0.5, 0.6) is 0 Å². The van der Waals surface area contributed by atoms with Gasteiger partial charge in [-0.2, -0.15) is 0 Å². The van der Waals surface area contributed by atoms with E-state index in [9.17, 15) is 0 Å². The molecule has 1 aromatic heterocycles. The molecule has 0 aromatic carbocycles. The van der Waals surface area contributed by atoms with Crippen LogP contribution < -0.4 is 4.90 Å². The van der Waals surface area contributed by atoms with Crippen LogP contribution in [0.3, 0.4) is 0 Å². The lowest BCUT2D eigenvalue weighted by molar-refractivity contribution is 0.858. The van der Waals surface area contributed by atoms with Crippen LogP contribution in [0.2, 0.25) is 0 Å². The van der Waals surface area contributed by atoms with Crippen molar-refractivity contribution in [2.24, 2.45) is 0 Å². The van der Waals surface area contributed by atoms with Gasteiger partial charge in [0.2, 0.25) is 0 Å². The summed E-state index contributed by atoms with van der Waals surface area (Å²) in [6, 6.07) is 0. The number of alkyl halides is 2. The first-order valence-electron chi connectivity index (χ1n) is 3.63. The molecule has 0 saturated carbocycles. The first-order chi connectivity index (χ1) is 5.88. The van der Waals surface area contributed by atoms with E-state index in [2.05, 4.69) is 9.88 Å². The van der Waals surface area contributed by atoms with Gasteiger partial charge in [0.05, 0.1) is 5.51 Å². The molecule has 0 fully saturated rings. The monoisotopic (exact) mass is 224 g/mol. The van der Waals surface area contributed by atoms with Crippen LogP contribution in [0.15, 0.2) is 10.9 Å². The maximum absolute atomic E-state index is 5.64. The molecule has 5 heteroatoms. The first kappa shape index (κ1) is 10.1. The Morgan fingerprint density at radius 1 is 1.33 bits per heavy atom. The first-order valence-corrected chi connectivity index (χ1v) is 5.64. The number of hydrogen-bond acceptors (Lipinski definition) is 3. The summed E-state index contributed by atoms with van der Waals surface area (Å²) in [4.78, 5) is 6.26. The van der Waals surface area contributed by atoms with Crippen molar-refractivity contribution in [1.82, 2.24) is 4.98 Å². The lowest BCUT2D eigenvalue weighted by Gasteiger charge is -2.19. The Morgan fingerprint density at radius 2 is 2.00 bits per heavy atom. The Kier molecular flexibility index (Phi) is 4.73. The molecule has 0 atom stereocenters. The number of thiazole rings is 1. The fourth-order valence-electron chi connectivity index (χ4n) is 0.907. The van der Waals surface area contributed by atoms with E-state index in [1.807, 2.05) is 10.9 Å². The summed E-state index contributed by atoms with van der Waals surface area (Å²) in [6.07, 6.45) is 0. The average Bonchev–Trinajstić information content (AvgIpc) is 2.56. The van der Waals surface area contributed by atoms with Crippen LogP contribution in [0.1, 0.15) is 0 Å². The lowest BCUT2D eigenvalue weighted by atomic mass is 10.5. The van der Waals surface area contributed by atoms with Gasteiger partial charge in [0, 0.05) is 30.2 Å². The molecule has 68 valence electrons. The third-order valence-corrected chi connectivity index (χ3v) is 2.36. The smallest absolute Gasteiger partial charge is 0.139 e. The van der Waals surface area contributed by atoms with Crippen LogP contribution in [0, 0.1) is 0 Å². The van der Waals surface area contributed by atoms with E-state index >= 15 is 0 Å². The second-order valence-electron chi connectivity index (χ2n) is 2.21. The fraction of sp³-hybridized carbons (Fsp3) is 0.571. The maximum Gasteiger partial charge on any atom is 0.139 e. The molecular formula is C7H10Cl2N2S. The van der Waals surface area contributed by atoms with Crippen LogP contribution in [-0.4, -0.2) is 29.8 Å². The molecule has 0 aliphatic carbocycles. The van der Waals surface area contributed by atoms with Gasteiger partial charge in [-0.25, -0.2) is 4.98 Å². The van der Waals surface area contributed by atoms with Crippen LogP contribution in [-0.2, 0) is 0 Å². The van der Waals surface area contributed by atoms with E-state index in [-0.39, 0.29) is 0 Å². The topological polar surface area (TPSA) is 16.1 Å². The highest BCUT2D eigenvalue weighted by Crippen LogP contribution is 2.13. The minimum atomic E-state index is 0.606. The molecule has 0 bridgehead atoms. The van der Waals surface area contributed by atoms with E-state index in [1.165, 1.54) is 0 Å². The fourth-order valence-corrected chi connectivity index (χ4v) is 1.88. The highest BCUT2D eigenvalue weighted by Gasteiger charge is 2.05. The van der Waals surface area contributed by atoms with Crippen LogP contribution >= 0.6 is 34.5 Å². The second kappa shape index (κ2) is 5.62. The molecule has 0 spiro atoms. The molecule has 1 aromatic rings. The van der Waals surface area contributed by atoms with Gasteiger partial charge >= 0.3 is 0 Å².